The fourth-order valence-electron chi connectivity index (χ4n) is 2.29. The van der Waals surface area contributed by atoms with E-state index in [9.17, 15) is 9.59 Å². The number of benzene rings is 1. The molecule has 3 aromatic rings. The molecular formula is C19H20N4O2S2. The van der Waals surface area contributed by atoms with E-state index in [1.807, 2.05) is 49.6 Å². The van der Waals surface area contributed by atoms with E-state index >= 15 is 0 Å². The van der Waals surface area contributed by atoms with Crippen molar-refractivity contribution in [3.63, 3.8) is 0 Å². The van der Waals surface area contributed by atoms with Gasteiger partial charge in [0.15, 0.2) is 10.3 Å². The van der Waals surface area contributed by atoms with E-state index in [0.29, 0.717) is 29.0 Å². The maximum absolute atomic E-state index is 12.3. The molecule has 0 saturated heterocycles. The summed E-state index contributed by atoms with van der Waals surface area (Å²) in [6.07, 6.45) is 1.02. The number of amides is 2. The average Bonchev–Trinajstić information content (AvgIpc) is 3.30. The first-order valence-electron chi connectivity index (χ1n) is 8.57. The lowest BCUT2D eigenvalue weighted by atomic mass is 10.1. The lowest BCUT2D eigenvalue weighted by Crippen LogP contribution is -2.14. The zero-order valence-electron chi connectivity index (χ0n) is 15.1. The Balaban J connectivity index is 1.52. The van der Waals surface area contributed by atoms with Gasteiger partial charge in [0.25, 0.3) is 5.91 Å². The van der Waals surface area contributed by atoms with Crippen LogP contribution in [0.15, 0.2) is 41.1 Å². The Morgan fingerprint density at radius 3 is 2.41 bits per heavy atom. The lowest BCUT2D eigenvalue weighted by molar-refractivity contribution is -0.116. The summed E-state index contributed by atoms with van der Waals surface area (Å²) >= 11 is 2.61. The summed E-state index contributed by atoms with van der Waals surface area (Å²) in [4.78, 5) is 32.9. The third-order valence-electron chi connectivity index (χ3n) is 3.80. The van der Waals surface area contributed by atoms with Crippen molar-refractivity contribution in [3.8, 4) is 0 Å². The minimum absolute atomic E-state index is 0.123. The van der Waals surface area contributed by atoms with Gasteiger partial charge in [-0.15, -0.1) is 22.7 Å². The van der Waals surface area contributed by atoms with Gasteiger partial charge < -0.3 is 5.32 Å². The average molecular weight is 401 g/mol. The van der Waals surface area contributed by atoms with Gasteiger partial charge in [0, 0.05) is 17.2 Å². The number of rotatable bonds is 7. The molecule has 6 nitrogen and oxygen atoms in total. The van der Waals surface area contributed by atoms with Crippen LogP contribution < -0.4 is 10.6 Å². The van der Waals surface area contributed by atoms with Gasteiger partial charge in [0.05, 0.1) is 5.69 Å². The Labute approximate surface area is 165 Å². The molecule has 0 aliphatic rings. The third-order valence-corrected chi connectivity index (χ3v) is 5.33. The quantitative estimate of drug-likeness (QED) is 0.609. The predicted molar refractivity (Wildman–Crippen MR) is 110 cm³/mol. The molecule has 2 heterocycles. The van der Waals surface area contributed by atoms with E-state index in [0.717, 1.165) is 11.3 Å². The molecule has 3 rings (SSSR count). The summed E-state index contributed by atoms with van der Waals surface area (Å²) < 4.78 is 0. The predicted octanol–water partition coefficient (Wildman–Crippen LogP) is 4.55. The van der Waals surface area contributed by atoms with E-state index in [-0.39, 0.29) is 17.5 Å². The molecule has 1 aromatic carbocycles. The second-order valence-electron chi connectivity index (χ2n) is 6.26. The van der Waals surface area contributed by atoms with Gasteiger partial charge in [-0.05, 0) is 17.9 Å². The largest absolute Gasteiger partial charge is 0.302 e. The molecule has 0 radical (unpaired) electrons. The monoisotopic (exact) mass is 400 g/mol. The van der Waals surface area contributed by atoms with Crippen LogP contribution in [0.4, 0.5) is 10.3 Å². The van der Waals surface area contributed by atoms with Crippen LogP contribution in [-0.4, -0.2) is 21.8 Å². The zero-order chi connectivity index (χ0) is 19.2. The zero-order valence-corrected chi connectivity index (χ0v) is 16.7. The van der Waals surface area contributed by atoms with E-state index in [2.05, 4.69) is 20.6 Å². The minimum Gasteiger partial charge on any atom is -0.302 e. The number of carbonyl (C=O) groups is 2. The number of hydrogen-bond acceptors (Lipinski definition) is 6. The molecular weight excluding hydrogens is 380 g/mol. The summed E-state index contributed by atoms with van der Waals surface area (Å²) in [5.74, 6) is -0.147. The van der Waals surface area contributed by atoms with Crippen LogP contribution >= 0.6 is 22.7 Å². The maximum atomic E-state index is 12.3. The molecule has 140 valence electrons. The summed E-state index contributed by atoms with van der Waals surface area (Å²) in [6, 6.07) is 9.82. The van der Waals surface area contributed by atoms with Crippen LogP contribution in [0.2, 0.25) is 0 Å². The van der Waals surface area contributed by atoms with E-state index in [1.54, 1.807) is 5.38 Å². The van der Waals surface area contributed by atoms with Gasteiger partial charge in [-0.2, -0.15) is 0 Å². The summed E-state index contributed by atoms with van der Waals surface area (Å²) in [5.41, 5.74) is 2.32. The van der Waals surface area contributed by atoms with Gasteiger partial charge in [-0.25, -0.2) is 9.97 Å². The molecule has 0 aliphatic heterocycles. The summed E-state index contributed by atoms with van der Waals surface area (Å²) in [5, 5.41) is 10.0. The fraction of sp³-hybridized carbons (Fsp3) is 0.263. The Bertz CT molecular complexity index is 919. The number of carbonyl (C=O) groups excluding carboxylic acids is 2. The highest BCUT2D eigenvalue weighted by Crippen LogP contribution is 2.23. The Hall–Kier alpha value is -2.58. The first kappa shape index (κ1) is 19.2. The van der Waals surface area contributed by atoms with Crippen molar-refractivity contribution >= 4 is 44.8 Å². The Kier molecular flexibility index (Phi) is 6.31. The first-order valence-corrected chi connectivity index (χ1v) is 10.3. The van der Waals surface area contributed by atoms with Crippen molar-refractivity contribution in [1.29, 1.82) is 0 Å². The van der Waals surface area contributed by atoms with Crippen molar-refractivity contribution in [2.75, 3.05) is 10.6 Å². The smallest absolute Gasteiger partial charge is 0.276 e. The molecule has 2 N–H and O–H groups in total. The van der Waals surface area contributed by atoms with Crippen molar-refractivity contribution in [3.05, 3.63) is 58.0 Å². The topological polar surface area (TPSA) is 84.0 Å². The molecule has 0 saturated carbocycles. The first-order chi connectivity index (χ1) is 13.0. The van der Waals surface area contributed by atoms with Gasteiger partial charge >= 0.3 is 0 Å². The van der Waals surface area contributed by atoms with Crippen molar-refractivity contribution in [1.82, 2.24) is 9.97 Å². The highest BCUT2D eigenvalue weighted by atomic mass is 32.1. The highest BCUT2D eigenvalue weighted by Gasteiger charge is 2.15. The van der Waals surface area contributed by atoms with Crippen LogP contribution in [0.3, 0.4) is 0 Å². The minimum atomic E-state index is -0.333. The van der Waals surface area contributed by atoms with E-state index in [4.69, 9.17) is 0 Å². The van der Waals surface area contributed by atoms with Gasteiger partial charge in [-0.1, -0.05) is 44.2 Å². The summed E-state index contributed by atoms with van der Waals surface area (Å²) in [6.45, 7) is 4.10. The molecule has 0 aliphatic carbocycles. The number of nitrogens with one attached hydrogen (secondary N) is 2. The van der Waals surface area contributed by atoms with Crippen LogP contribution in [0.5, 0.6) is 0 Å². The number of aromatic nitrogens is 2. The van der Waals surface area contributed by atoms with E-state index in [1.165, 1.54) is 22.7 Å². The Morgan fingerprint density at radius 2 is 1.70 bits per heavy atom. The van der Waals surface area contributed by atoms with Gasteiger partial charge in [-0.3, -0.25) is 14.9 Å². The molecule has 0 bridgehead atoms. The molecule has 0 unspecified atom stereocenters. The summed E-state index contributed by atoms with van der Waals surface area (Å²) in [7, 11) is 0. The number of hydrogen-bond donors (Lipinski definition) is 2. The molecule has 0 atom stereocenters. The van der Waals surface area contributed by atoms with Crippen molar-refractivity contribution in [2.45, 2.75) is 32.6 Å². The van der Waals surface area contributed by atoms with Crippen molar-refractivity contribution < 1.29 is 9.59 Å². The molecule has 0 fully saturated rings. The SMILES string of the molecule is CC(C)c1csc(NC(=O)c2csc(NC(=O)CCc3ccccc3)n2)n1. The fourth-order valence-corrected chi connectivity index (χ4v) is 3.86. The lowest BCUT2D eigenvalue weighted by Gasteiger charge is -2.02. The molecule has 0 spiro atoms. The molecule has 27 heavy (non-hydrogen) atoms. The number of aryl methyl sites for hydroxylation is 1. The van der Waals surface area contributed by atoms with Crippen molar-refractivity contribution in [2.24, 2.45) is 0 Å². The Morgan fingerprint density at radius 1 is 1.00 bits per heavy atom. The standard InChI is InChI=1S/C19H20N4O2S2/c1-12(2)14-10-26-19(20-14)23-17(25)15-11-27-18(21-15)22-16(24)9-8-13-6-4-3-5-7-13/h3-7,10-12H,8-9H2,1-2H3,(H,20,23,25)(H,21,22,24). The third kappa shape index (κ3) is 5.45. The second-order valence-corrected chi connectivity index (χ2v) is 7.97. The van der Waals surface area contributed by atoms with Gasteiger partial charge in [0.1, 0.15) is 5.69 Å². The van der Waals surface area contributed by atoms with E-state index < -0.39 is 0 Å². The second kappa shape index (κ2) is 8.88. The number of nitrogens with zero attached hydrogens (tertiary/aromatic N) is 2. The maximum Gasteiger partial charge on any atom is 0.276 e. The van der Waals surface area contributed by atoms with Crippen LogP contribution in [0.1, 0.15) is 47.9 Å². The van der Waals surface area contributed by atoms with Crippen LogP contribution in [-0.2, 0) is 11.2 Å². The molecule has 2 aromatic heterocycles. The highest BCUT2D eigenvalue weighted by molar-refractivity contribution is 7.14. The number of anilines is 2. The van der Waals surface area contributed by atoms with Crippen LogP contribution in [0, 0.1) is 0 Å². The number of thiazole rings is 2. The van der Waals surface area contributed by atoms with Crippen LogP contribution in [0.25, 0.3) is 0 Å². The molecule has 2 amide bonds. The molecule has 8 heteroatoms. The van der Waals surface area contributed by atoms with Gasteiger partial charge in [0.2, 0.25) is 5.91 Å². The normalized spacial score (nSPS) is 10.8.